The highest BCUT2D eigenvalue weighted by atomic mass is 32.2. The number of nitrogens with zero attached hydrogens (tertiary/aromatic N) is 1. The van der Waals surface area contributed by atoms with Crippen LogP contribution in [0.15, 0.2) is 40.9 Å². The Morgan fingerprint density at radius 1 is 1.06 bits per heavy atom. The molecule has 18 heavy (non-hydrogen) atoms. The molecule has 1 aromatic carbocycles. The summed E-state index contributed by atoms with van der Waals surface area (Å²) in [5, 5.41) is 0. The van der Waals surface area contributed by atoms with Gasteiger partial charge in [-0.3, -0.25) is 4.31 Å². The SMILES string of the molecule is CC1=CCCCCN1S(=O)(=O)c1ccc(C)cc1. The molecule has 0 unspecified atom stereocenters. The smallest absolute Gasteiger partial charge is 0.264 e. The van der Waals surface area contributed by atoms with E-state index in [1.165, 1.54) is 4.31 Å². The van der Waals surface area contributed by atoms with Crippen molar-refractivity contribution < 1.29 is 8.42 Å². The normalized spacial score (nSPS) is 17.2. The lowest BCUT2D eigenvalue weighted by molar-refractivity contribution is 0.472. The van der Waals surface area contributed by atoms with Crippen molar-refractivity contribution in [1.29, 1.82) is 0 Å². The lowest BCUT2D eigenvalue weighted by Crippen LogP contribution is -2.29. The van der Waals surface area contributed by atoms with Crippen LogP contribution in [0.25, 0.3) is 0 Å². The number of allylic oxidation sites excluding steroid dienone is 2. The molecule has 0 radical (unpaired) electrons. The topological polar surface area (TPSA) is 37.4 Å². The molecular weight excluding hydrogens is 246 g/mol. The second kappa shape index (κ2) is 5.14. The van der Waals surface area contributed by atoms with Gasteiger partial charge in [-0.05, 0) is 45.2 Å². The minimum absolute atomic E-state index is 0.378. The first-order chi connectivity index (χ1) is 8.51. The molecule has 0 spiro atoms. The third-order valence-electron chi connectivity index (χ3n) is 3.26. The molecule has 98 valence electrons. The number of hydrogen-bond acceptors (Lipinski definition) is 2. The molecule has 0 amide bonds. The highest BCUT2D eigenvalue weighted by Crippen LogP contribution is 2.23. The van der Waals surface area contributed by atoms with E-state index >= 15 is 0 Å². The van der Waals surface area contributed by atoms with Gasteiger partial charge in [0.05, 0.1) is 4.90 Å². The van der Waals surface area contributed by atoms with Crippen LogP contribution in [0.2, 0.25) is 0 Å². The van der Waals surface area contributed by atoms with Crippen LogP contribution < -0.4 is 0 Å². The van der Waals surface area contributed by atoms with E-state index in [4.69, 9.17) is 0 Å². The number of aryl methyl sites for hydroxylation is 1. The molecule has 0 aromatic heterocycles. The van der Waals surface area contributed by atoms with E-state index in [1.54, 1.807) is 12.1 Å². The van der Waals surface area contributed by atoms with E-state index in [-0.39, 0.29) is 0 Å². The summed E-state index contributed by atoms with van der Waals surface area (Å²) in [7, 11) is -3.39. The Bertz CT molecular complexity index is 544. The molecule has 0 saturated carbocycles. The van der Waals surface area contributed by atoms with Crippen molar-refractivity contribution in [2.75, 3.05) is 6.54 Å². The van der Waals surface area contributed by atoms with Crippen molar-refractivity contribution in [3.8, 4) is 0 Å². The summed E-state index contributed by atoms with van der Waals surface area (Å²) in [6.45, 7) is 4.41. The molecule has 1 aliphatic rings. The van der Waals surface area contributed by atoms with Crippen LogP contribution in [0.1, 0.15) is 31.7 Å². The van der Waals surface area contributed by atoms with Crippen molar-refractivity contribution in [3.63, 3.8) is 0 Å². The summed E-state index contributed by atoms with van der Waals surface area (Å²) in [5.41, 5.74) is 1.91. The van der Waals surface area contributed by atoms with Gasteiger partial charge in [-0.15, -0.1) is 0 Å². The van der Waals surface area contributed by atoms with E-state index in [0.29, 0.717) is 11.4 Å². The van der Waals surface area contributed by atoms with E-state index in [2.05, 4.69) is 0 Å². The maximum Gasteiger partial charge on any atom is 0.264 e. The third kappa shape index (κ3) is 2.58. The van der Waals surface area contributed by atoms with Crippen molar-refractivity contribution in [3.05, 3.63) is 41.6 Å². The zero-order chi connectivity index (χ0) is 13.2. The summed E-state index contributed by atoms with van der Waals surface area (Å²) in [6.07, 6.45) is 4.95. The molecule has 0 atom stereocenters. The van der Waals surface area contributed by atoms with Crippen LogP contribution in [0.3, 0.4) is 0 Å². The van der Waals surface area contributed by atoms with Crippen molar-refractivity contribution in [2.24, 2.45) is 0 Å². The molecule has 2 rings (SSSR count). The fourth-order valence-corrected chi connectivity index (χ4v) is 3.69. The molecule has 1 aliphatic heterocycles. The highest BCUT2D eigenvalue weighted by Gasteiger charge is 2.24. The maximum absolute atomic E-state index is 12.5. The molecule has 3 nitrogen and oxygen atoms in total. The van der Waals surface area contributed by atoms with Crippen LogP contribution in [0, 0.1) is 6.92 Å². The number of sulfonamides is 1. The van der Waals surface area contributed by atoms with Crippen molar-refractivity contribution >= 4 is 10.0 Å². The van der Waals surface area contributed by atoms with Gasteiger partial charge in [0.2, 0.25) is 0 Å². The van der Waals surface area contributed by atoms with E-state index in [9.17, 15) is 8.42 Å². The van der Waals surface area contributed by atoms with Gasteiger partial charge in [0.25, 0.3) is 10.0 Å². The Labute approximate surface area is 109 Å². The molecular formula is C14H19NO2S. The highest BCUT2D eigenvalue weighted by molar-refractivity contribution is 7.89. The molecule has 0 aliphatic carbocycles. The number of benzene rings is 1. The lowest BCUT2D eigenvalue weighted by Gasteiger charge is -2.23. The van der Waals surface area contributed by atoms with Crippen molar-refractivity contribution in [1.82, 2.24) is 4.31 Å². The molecule has 4 heteroatoms. The van der Waals surface area contributed by atoms with Gasteiger partial charge in [-0.1, -0.05) is 23.8 Å². The summed E-state index contributed by atoms with van der Waals surface area (Å²) in [6, 6.07) is 7.04. The predicted molar refractivity (Wildman–Crippen MR) is 72.7 cm³/mol. The molecule has 0 saturated heterocycles. The van der Waals surface area contributed by atoms with Crippen molar-refractivity contribution in [2.45, 2.75) is 38.0 Å². The Hall–Kier alpha value is -1.29. The molecule has 1 heterocycles. The van der Waals surface area contributed by atoms with Gasteiger partial charge in [0, 0.05) is 12.2 Å². The first-order valence-corrected chi connectivity index (χ1v) is 7.72. The molecule has 0 fully saturated rings. The van der Waals surface area contributed by atoms with Gasteiger partial charge in [0.15, 0.2) is 0 Å². The van der Waals surface area contributed by atoms with Gasteiger partial charge in [0.1, 0.15) is 0 Å². The zero-order valence-electron chi connectivity index (χ0n) is 10.9. The monoisotopic (exact) mass is 265 g/mol. The second-order valence-corrected chi connectivity index (χ2v) is 6.59. The quantitative estimate of drug-likeness (QED) is 0.824. The Kier molecular flexibility index (Phi) is 3.76. The van der Waals surface area contributed by atoms with Gasteiger partial charge in [-0.2, -0.15) is 0 Å². The average Bonchev–Trinajstić information content (AvgIpc) is 2.55. The number of rotatable bonds is 2. The zero-order valence-corrected chi connectivity index (χ0v) is 11.7. The first kappa shape index (κ1) is 13.1. The minimum atomic E-state index is -3.39. The van der Waals surface area contributed by atoms with Crippen LogP contribution in [-0.2, 0) is 10.0 Å². The average molecular weight is 265 g/mol. The van der Waals surface area contributed by atoms with Gasteiger partial charge >= 0.3 is 0 Å². The molecule has 0 bridgehead atoms. The van der Waals surface area contributed by atoms with E-state index in [0.717, 1.165) is 30.5 Å². The summed E-state index contributed by atoms with van der Waals surface area (Å²) in [5.74, 6) is 0. The largest absolute Gasteiger partial charge is 0.271 e. The number of hydrogen-bond donors (Lipinski definition) is 0. The molecule has 1 aromatic rings. The van der Waals surface area contributed by atoms with Crippen LogP contribution in [0.5, 0.6) is 0 Å². The second-order valence-electron chi connectivity index (χ2n) is 4.73. The van der Waals surface area contributed by atoms with Gasteiger partial charge in [-0.25, -0.2) is 8.42 Å². The fourth-order valence-electron chi connectivity index (χ4n) is 2.14. The molecule has 0 N–H and O–H groups in total. The van der Waals surface area contributed by atoms with E-state index in [1.807, 2.05) is 32.1 Å². The summed E-state index contributed by atoms with van der Waals surface area (Å²) < 4.78 is 26.6. The van der Waals surface area contributed by atoms with E-state index < -0.39 is 10.0 Å². The first-order valence-electron chi connectivity index (χ1n) is 6.28. The van der Waals surface area contributed by atoms with Crippen LogP contribution in [-0.4, -0.2) is 19.3 Å². The standard InChI is InChI=1S/C14H19NO2S/c1-12-7-9-14(10-8-12)18(16,17)15-11-5-3-4-6-13(15)2/h6-10H,3-5,11H2,1-2H3. The van der Waals surface area contributed by atoms with Gasteiger partial charge < -0.3 is 0 Å². The summed E-state index contributed by atoms with van der Waals surface area (Å²) >= 11 is 0. The van der Waals surface area contributed by atoms with Crippen LogP contribution >= 0.6 is 0 Å². The lowest BCUT2D eigenvalue weighted by atomic mass is 10.2. The van der Waals surface area contributed by atoms with Crippen LogP contribution in [0.4, 0.5) is 0 Å². The minimum Gasteiger partial charge on any atom is -0.271 e. The Balaban J connectivity index is 2.38. The Morgan fingerprint density at radius 3 is 2.39 bits per heavy atom. The Morgan fingerprint density at radius 2 is 1.72 bits per heavy atom. The third-order valence-corrected chi connectivity index (χ3v) is 5.18. The summed E-state index contributed by atoms with van der Waals surface area (Å²) in [4.78, 5) is 0.378. The fraction of sp³-hybridized carbons (Fsp3) is 0.429. The predicted octanol–water partition coefficient (Wildman–Crippen LogP) is 3.07. The maximum atomic E-state index is 12.5.